The molecule has 0 heterocycles. The van der Waals surface area contributed by atoms with Crippen molar-refractivity contribution in [2.24, 2.45) is 11.8 Å². The van der Waals surface area contributed by atoms with E-state index in [4.69, 9.17) is 5.11 Å². The molecular weight excluding hydrogens is 178 g/mol. The highest BCUT2D eigenvalue weighted by molar-refractivity contribution is 5.76. The van der Waals surface area contributed by atoms with Crippen LogP contribution in [0.25, 0.3) is 0 Å². The normalized spacial score (nSPS) is 13.0. The number of nitrogens with zero attached hydrogens (tertiary/aromatic N) is 1. The Morgan fingerprint density at radius 3 is 2.36 bits per heavy atom. The van der Waals surface area contributed by atoms with E-state index < -0.39 is 0 Å². The topological polar surface area (TPSA) is 40.5 Å². The second-order valence-electron chi connectivity index (χ2n) is 4.48. The summed E-state index contributed by atoms with van der Waals surface area (Å²) in [5, 5.41) is 8.67. The molecule has 14 heavy (non-hydrogen) atoms. The number of hydrogen-bond acceptors (Lipinski definition) is 2. The Bertz CT molecular complexity index is 169. The smallest absolute Gasteiger partial charge is 0.222 e. The van der Waals surface area contributed by atoms with Crippen molar-refractivity contribution in [3.63, 3.8) is 0 Å². The standard InChI is InChI=1S/C11H23NO2/c1-9(2)7-10(3)8-11(14)12(4)5-6-13/h9-10,13H,5-8H2,1-4H3. The summed E-state index contributed by atoms with van der Waals surface area (Å²) < 4.78 is 0. The minimum Gasteiger partial charge on any atom is -0.395 e. The largest absolute Gasteiger partial charge is 0.395 e. The van der Waals surface area contributed by atoms with E-state index in [2.05, 4.69) is 20.8 Å². The minimum atomic E-state index is 0.0425. The second-order valence-corrected chi connectivity index (χ2v) is 4.48. The molecule has 3 heteroatoms. The predicted molar refractivity (Wildman–Crippen MR) is 58.0 cm³/mol. The molecule has 1 unspecified atom stereocenters. The van der Waals surface area contributed by atoms with Crippen LogP contribution in [0.2, 0.25) is 0 Å². The van der Waals surface area contributed by atoms with Gasteiger partial charge in [-0.05, 0) is 18.3 Å². The molecule has 1 N–H and O–H groups in total. The van der Waals surface area contributed by atoms with Gasteiger partial charge in [0.1, 0.15) is 0 Å². The van der Waals surface area contributed by atoms with E-state index in [-0.39, 0.29) is 12.5 Å². The van der Waals surface area contributed by atoms with Gasteiger partial charge in [-0.15, -0.1) is 0 Å². The van der Waals surface area contributed by atoms with Crippen LogP contribution < -0.4 is 0 Å². The van der Waals surface area contributed by atoms with E-state index in [1.165, 1.54) is 0 Å². The molecule has 0 aliphatic rings. The van der Waals surface area contributed by atoms with Gasteiger partial charge in [0.05, 0.1) is 6.61 Å². The average Bonchev–Trinajstić information content (AvgIpc) is 2.02. The lowest BCUT2D eigenvalue weighted by Crippen LogP contribution is -2.30. The Balaban J connectivity index is 3.80. The van der Waals surface area contributed by atoms with Crippen LogP contribution >= 0.6 is 0 Å². The molecule has 0 spiro atoms. The maximum Gasteiger partial charge on any atom is 0.222 e. The second kappa shape index (κ2) is 6.82. The molecular formula is C11H23NO2. The van der Waals surface area contributed by atoms with Crippen molar-refractivity contribution in [2.45, 2.75) is 33.6 Å². The van der Waals surface area contributed by atoms with Crippen molar-refractivity contribution in [2.75, 3.05) is 20.2 Å². The molecule has 0 aromatic rings. The fourth-order valence-corrected chi connectivity index (χ4v) is 1.62. The van der Waals surface area contributed by atoms with Gasteiger partial charge in [0, 0.05) is 20.0 Å². The van der Waals surface area contributed by atoms with Gasteiger partial charge >= 0.3 is 0 Å². The summed E-state index contributed by atoms with van der Waals surface area (Å²) in [6, 6.07) is 0. The summed E-state index contributed by atoms with van der Waals surface area (Å²) in [5.74, 6) is 1.21. The lowest BCUT2D eigenvalue weighted by molar-refractivity contribution is -0.131. The third-order valence-corrected chi connectivity index (χ3v) is 2.26. The van der Waals surface area contributed by atoms with E-state index in [1.807, 2.05) is 0 Å². The molecule has 0 fully saturated rings. The molecule has 0 saturated carbocycles. The number of rotatable bonds is 6. The van der Waals surface area contributed by atoms with Crippen molar-refractivity contribution in [1.29, 1.82) is 0 Å². The van der Waals surface area contributed by atoms with Crippen LogP contribution in [0, 0.1) is 11.8 Å². The maximum absolute atomic E-state index is 11.5. The molecule has 0 rings (SSSR count). The van der Waals surface area contributed by atoms with Gasteiger partial charge in [0.2, 0.25) is 5.91 Å². The Labute approximate surface area is 87.1 Å². The zero-order valence-electron chi connectivity index (χ0n) is 9.79. The molecule has 84 valence electrons. The predicted octanol–water partition coefficient (Wildman–Crippen LogP) is 1.51. The number of carbonyl (C=O) groups excluding carboxylic acids is 1. The van der Waals surface area contributed by atoms with Crippen LogP contribution in [0.1, 0.15) is 33.6 Å². The molecule has 0 saturated heterocycles. The highest BCUT2D eigenvalue weighted by Gasteiger charge is 2.13. The van der Waals surface area contributed by atoms with Crippen LogP contribution in [0.5, 0.6) is 0 Å². The average molecular weight is 201 g/mol. The van der Waals surface area contributed by atoms with Crippen LogP contribution in [-0.2, 0) is 4.79 Å². The molecule has 0 aliphatic carbocycles. The van der Waals surface area contributed by atoms with Crippen LogP contribution in [0.15, 0.2) is 0 Å². The number of carbonyl (C=O) groups is 1. The third-order valence-electron chi connectivity index (χ3n) is 2.26. The molecule has 1 amide bonds. The van der Waals surface area contributed by atoms with Crippen molar-refractivity contribution < 1.29 is 9.90 Å². The van der Waals surface area contributed by atoms with Crippen molar-refractivity contribution in [3.05, 3.63) is 0 Å². The molecule has 0 aliphatic heterocycles. The first-order valence-electron chi connectivity index (χ1n) is 5.32. The minimum absolute atomic E-state index is 0.0425. The van der Waals surface area contributed by atoms with Gasteiger partial charge in [-0.25, -0.2) is 0 Å². The van der Waals surface area contributed by atoms with E-state index in [9.17, 15) is 4.79 Å². The van der Waals surface area contributed by atoms with Crippen molar-refractivity contribution in [1.82, 2.24) is 4.90 Å². The zero-order valence-corrected chi connectivity index (χ0v) is 9.79. The summed E-state index contributed by atoms with van der Waals surface area (Å²) in [6.45, 7) is 6.91. The van der Waals surface area contributed by atoms with Gasteiger partial charge in [-0.2, -0.15) is 0 Å². The Morgan fingerprint density at radius 2 is 1.93 bits per heavy atom. The van der Waals surface area contributed by atoms with Gasteiger partial charge in [-0.1, -0.05) is 20.8 Å². The lowest BCUT2D eigenvalue weighted by Gasteiger charge is -2.19. The highest BCUT2D eigenvalue weighted by Crippen LogP contribution is 2.15. The third kappa shape index (κ3) is 5.97. The van der Waals surface area contributed by atoms with E-state index in [1.54, 1.807) is 11.9 Å². The van der Waals surface area contributed by atoms with E-state index >= 15 is 0 Å². The molecule has 0 aromatic heterocycles. The lowest BCUT2D eigenvalue weighted by atomic mass is 9.95. The van der Waals surface area contributed by atoms with Crippen molar-refractivity contribution >= 4 is 5.91 Å². The summed E-state index contributed by atoms with van der Waals surface area (Å²) in [7, 11) is 1.74. The first-order valence-corrected chi connectivity index (χ1v) is 5.32. The van der Waals surface area contributed by atoms with Gasteiger partial charge in [-0.3, -0.25) is 4.79 Å². The van der Waals surface area contributed by atoms with Crippen LogP contribution in [0.4, 0.5) is 0 Å². The van der Waals surface area contributed by atoms with E-state index in [0.29, 0.717) is 24.8 Å². The monoisotopic (exact) mass is 201 g/mol. The van der Waals surface area contributed by atoms with Gasteiger partial charge in [0.25, 0.3) is 0 Å². The first kappa shape index (κ1) is 13.4. The zero-order chi connectivity index (χ0) is 11.1. The fourth-order valence-electron chi connectivity index (χ4n) is 1.62. The first-order chi connectivity index (χ1) is 6.47. The summed E-state index contributed by atoms with van der Waals surface area (Å²) >= 11 is 0. The van der Waals surface area contributed by atoms with Gasteiger partial charge < -0.3 is 10.0 Å². The van der Waals surface area contributed by atoms with Crippen LogP contribution in [-0.4, -0.2) is 36.1 Å². The van der Waals surface area contributed by atoms with Gasteiger partial charge in [0.15, 0.2) is 0 Å². The highest BCUT2D eigenvalue weighted by atomic mass is 16.3. The molecule has 0 radical (unpaired) electrons. The van der Waals surface area contributed by atoms with Crippen LogP contribution in [0.3, 0.4) is 0 Å². The Morgan fingerprint density at radius 1 is 1.36 bits per heavy atom. The SMILES string of the molecule is CC(C)CC(C)CC(=O)N(C)CCO. The number of likely N-dealkylation sites (N-methyl/N-ethyl adjacent to an activating group) is 1. The van der Waals surface area contributed by atoms with E-state index in [0.717, 1.165) is 6.42 Å². The number of aliphatic hydroxyl groups excluding tert-OH is 1. The number of hydrogen-bond donors (Lipinski definition) is 1. The molecule has 0 bridgehead atoms. The number of aliphatic hydroxyl groups is 1. The summed E-state index contributed by atoms with van der Waals surface area (Å²) in [6.07, 6.45) is 1.67. The Hall–Kier alpha value is -0.570. The number of amides is 1. The molecule has 3 nitrogen and oxygen atoms in total. The molecule has 1 atom stereocenters. The maximum atomic E-state index is 11.5. The summed E-state index contributed by atoms with van der Waals surface area (Å²) in [5.41, 5.74) is 0. The molecule has 0 aromatic carbocycles. The quantitative estimate of drug-likeness (QED) is 0.707. The fraction of sp³-hybridized carbons (Fsp3) is 0.909. The van der Waals surface area contributed by atoms with Crippen molar-refractivity contribution in [3.8, 4) is 0 Å². The Kier molecular flexibility index (Phi) is 6.54. The summed E-state index contributed by atoms with van der Waals surface area (Å²) in [4.78, 5) is 13.1.